The first-order chi connectivity index (χ1) is 9.17. The van der Waals surface area contributed by atoms with E-state index < -0.39 is 0 Å². The predicted molar refractivity (Wildman–Crippen MR) is 79.9 cm³/mol. The molecule has 1 heterocycles. The highest BCUT2D eigenvalue weighted by Gasteiger charge is 2.24. The number of ether oxygens (including phenoxy) is 1. The zero-order valence-corrected chi connectivity index (χ0v) is 12.5. The van der Waals surface area contributed by atoms with Crippen LogP contribution >= 0.6 is 0 Å². The molecule has 0 aliphatic carbocycles. The number of hydrogen-bond donors (Lipinski definition) is 2. The van der Waals surface area contributed by atoms with Crippen LogP contribution in [-0.2, 0) is 0 Å². The predicted octanol–water partition coefficient (Wildman–Crippen LogP) is 2.57. The Labute approximate surface area is 116 Å². The number of rotatable bonds is 4. The van der Waals surface area contributed by atoms with E-state index in [1.54, 1.807) is 7.11 Å². The molecule has 2 unspecified atom stereocenters. The van der Waals surface area contributed by atoms with Crippen LogP contribution in [0, 0.1) is 19.8 Å². The summed E-state index contributed by atoms with van der Waals surface area (Å²) in [5.74, 6) is 1.69. The average molecular weight is 262 g/mol. The SMILES string of the molecule is CNC(c1cc(C)c(OC)c(C)c1)C1CCCNC1. The molecule has 0 bridgehead atoms. The molecule has 2 rings (SSSR count). The molecule has 1 aliphatic rings. The van der Waals surface area contributed by atoms with Gasteiger partial charge in [0.25, 0.3) is 0 Å². The number of nitrogens with one attached hydrogen (secondary N) is 2. The van der Waals surface area contributed by atoms with Gasteiger partial charge in [-0.25, -0.2) is 0 Å². The third-order valence-electron chi connectivity index (χ3n) is 4.16. The van der Waals surface area contributed by atoms with Gasteiger partial charge >= 0.3 is 0 Å². The van der Waals surface area contributed by atoms with Gasteiger partial charge in [-0.1, -0.05) is 12.1 Å². The molecule has 1 aliphatic heterocycles. The van der Waals surface area contributed by atoms with Crippen molar-refractivity contribution in [3.8, 4) is 5.75 Å². The largest absolute Gasteiger partial charge is 0.496 e. The number of aryl methyl sites for hydroxylation is 2. The lowest BCUT2D eigenvalue weighted by atomic mass is 9.86. The van der Waals surface area contributed by atoms with Crippen LogP contribution < -0.4 is 15.4 Å². The van der Waals surface area contributed by atoms with Crippen molar-refractivity contribution in [3.05, 3.63) is 28.8 Å². The minimum Gasteiger partial charge on any atom is -0.496 e. The lowest BCUT2D eigenvalue weighted by molar-refractivity contribution is 0.298. The van der Waals surface area contributed by atoms with Crippen LogP contribution in [0.2, 0.25) is 0 Å². The molecule has 3 nitrogen and oxygen atoms in total. The zero-order valence-electron chi connectivity index (χ0n) is 12.5. The number of benzene rings is 1. The fourth-order valence-electron chi connectivity index (χ4n) is 3.32. The van der Waals surface area contributed by atoms with Crippen molar-refractivity contribution in [2.24, 2.45) is 5.92 Å². The molecular weight excluding hydrogens is 236 g/mol. The number of methoxy groups -OCH3 is 1. The Bertz CT molecular complexity index is 402. The van der Waals surface area contributed by atoms with E-state index in [0.717, 1.165) is 18.8 Å². The number of hydrogen-bond acceptors (Lipinski definition) is 3. The van der Waals surface area contributed by atoms with E-state index in [4.69, 9.17) is 4.74 Å². The highest BCUT2D eigenvalue weighted by atomic mass is 16.5. The molecule has 106 valence electrons. The molecule has 1 aromatic carbocycles. The van der Waals surface area contributed by atoms with Gasteiger partial charge in [-0.3, -0.25) is 0 Å². The molecular formula is C16H26N2O. The first-order valence-electron chi connectivity index (χ1n) is 7.20. The maximum Gasteiger partial charge on any atom is 0.124 e. The Balaban J connectivity index is 2.27. The monoisotopic (exact) mass is 262 g/mol. The van der Waals surface area contributed by atoms with Crippen LogP contribution in [-0.4, -0.2) is 27.2 Å². The summed E-state index contributed by atoms with van der Waals surface area (Å²) in [7, 11) is 3.81. The minimum atomic E-state index is 0.427. The molecule has 1 aromatic rings. The van der Waals surface area contributed by atoms with Crippen LogP contribution in [0.3, 0.4) is 0 Å². The second kappa shape index (κ2) is 6.40. The van der Waals surface area contributed by atoms with E-state index in [2.05, 4.69) is 43.7 Å². The van der Waals surface area contributed by atoms with Crippen molar-refractivity contribution in [3.63, 3.8) is 0 Å². The van der Waals surface area contributed by atoms with E-state index in [9.17, 15) is 0 Å². The van der Waals surface area contributed by atoms with Crippen LogP contribution in [0.1, 0.15) is 35.6 Å². The van der Waals surface area contributed by atoms with Crippen molar-refractivity contribution >= 4 is 0 Å². The molecule has 0 aromatic heterocycles. The number of piperidine rings is 1. The van der Waals surface area contributed by atoms with Gasteiger partial charge in [-0.05, 0) is 69.4 Å². The molecule has 2 N–H and O–H groups in total. The fourth-order valence-corrected chi connectivity index (χ4v) is 3.32. The summed E-state index contributed by atoms with van der Waals surface area (Å²) in [6, 6.07) is 4.96. The van der Waals surface area contributed by atoms with Gasteiger partial charge in [0.15, 0.2) is 0 Å². The van der Waals surface area contributed by atoms with Crippen LogP contribution in [0.15, 0.2) is 12.1 Å². The fraction of sp³-hybridized carbons (Fsp3) is 0.625. The maximum absolute atomic E-state index is 5.46. The van der Waals surface area contributed by atoms with Crippen LogP contribution in [0.5, 0.6) is 5.75 Å². The van der Waals surface area contributed by atoms with Gasteiger partial charge in [0, 0.05) is 6.04 Å². The summed E-state index contributed by atoms with van der Waals surface area (Å²) in [5.41, 5.74) is 3.83. The molecule has 2 atom stereocenters. The van der Waals surface area contributed by atoms with Crippen LogP contribution in [0.25, 0.3) is 0 Å². The van der Waals surface area contributed by atoms with E-state index in [-0.39, 0.29) is 0 Å². The average Bonchev–Trinajstić information content (AvgIpc) is 2.40. The second-order valence-corrected chi connectivity index (χ2v) is 5.56. The third-order valence-corrected chi connectivity index (χ3v) is 4.16. The quantitative estimate of drug-likeness (QED) is 0.875. The lowest BCUT2D eigenvalue weighted by Gasteiger charge is -2.31. The summed E-state index contributed by atoms with van der Waals surface area (Å²) in [4.78, 5) is 0. The molecule has 0 radical (unpaired) electrons. The summed E-state index contributed by atoms with van der Waals surface area (Å²) in [6.07, 6.45) is 2.57. The topological polar surface area (TPSA) is 33.3 Å². The van der Waals surface area contributed by atoms with E-state index >= 15 is 0 Å². The normalized spacial score (nSPS) is 21.2. The summed E-state index contributed by atoms with van der Waals surface area (Å²) < 4.78 is 5.46. The highest BCUT2D eigenvalue weighted by Crippen LogP contribution is 2.32. The Kier molecular flexibility index (Phi) is 4.83. The third kappa shape index (κ3) is 3.10. The Morgan fingerprint density at radius 1 is 1.32 bits per heavy atom. The van der Waals surface area contributed by atoms with E-state index in [1.807, 2.05) is 0 Å². The Morgan fingerprint density at radius 3 is 2.47 bits per heavy atom. The second-order valence-electron chi connectivity index (χ2n) is 5.56. The molecule has 0 amide bonds. The van der Waals surface area contributed by atoms with Gasteiger partial charge in [0.05, 0.1) is 7.11 Å². The van der Waals surface area contributed by atoms with Crippen LogP contribution in [0.4, 0.5) is 0 Å². The smallest absolute Gasteiger partial charge is 0.124 e. The van der Waals surface area contributed by atoms with Gasteiger partial charge in [-0.2, -0.15) is 0 Å². The molecule has 0 saturated carbocycles. The first-order valence-corrected chi connectivity index (χ1v) is 7.20. The molecule has 19 heavy (non-hydrogen) atoms. The first kappa shape index (κ1) is 14.4. The van der Waals surface area contributed by atoms with Gasteiger partial charge < -0.3 is 15.4 Å². The highest BCUT2D eigenvalue weighted by molar-refractivity contribution is 5.44. The standard InChI is InChI=1S/C16H26N2O/c1-11-8-14(9-12(2)16(11)19-4)15(17-3)13-6-5-7-18-10-13/h8-9,13,15,17-18H,5-7,10H2,1-4H3. The minimum absolute atomic E-state index is 0.427. The molecule has 1 saturated heterocycles. The molecule has 0 spiro atoms. The van der Waals surface area contributed by atoms with Crippen molar-refractivity contribution in [1.82, 2.24) is 10.6 Å². The van der Waals surface area contributed by atoms with E-state index in [1.165, 1.54) is 29.5 Å². The Hall–Kier alpha value is -1.06. The maximum atomic E-state index is 5.46. The van der Waals surface area contributed by atoms with E-state index in [0.29, 0.717) is 12.0 Å². The summed E-state index contributed by atoms with van der Waals surface area (Å²) in [6.45, 7) is 6.52. The summed E-state index contributed by atoms with van der Waals surface area (Å²) >= 11 is 0. The van der Waals surface area contributed by atoms with Gasteiger partial charge in [-0.15, -0.1) is 0 Å². The van der Waals surface area contributed by atoms with Crippen molar-refractivity contribution in [2.45, 2.75) is 32.7 Å². The lowest BCUT2D eigenvalue weighted by Crippen LogP contribution is -2.37. The van der Waals surface area contributed by atoms with Crippen molar-refractivity contribution in [2.75, 3.05) is 27.2 Å². The van der Waals surface area contributed by atoms with Crippen molar-refractivity contribution < 1.29 is 4.74 Å². The summed E-state index contributed by atoms with van der Waals surface area (Å²) in [5, 5.41) is 7.01. The Morgan fingerprint density at radius 2 is 2.00 bits per heavy atom. The molecule has 1 fully saturated rings. The molecule has 3 heteroatoms. The zero-order chi connectivity index (χ0) is 13.8. The van der Waals surface area contributed by atoms with Gasteiger partial charge in [0.2, 0.25) is 0 Å². The van der Waals surface area contributed by atoms with Crippen molar-refractivity contribution in [1.29, 1.82) is 0 Å². The van der Waals surface area contributed by atoms with Gasteiger partial charge in [0.1, 0.15) is 5.75 Å².